The fourth-order valence-corrected chi connectivity index (χ4v) is 2.52. The molecule has 94 valence electrons. The van der Waals surface area contributed by atoms with Crippen molar-refractivity contribution in [3.8, 4) is 0 Å². The van der Waals surface area contributed by atoms with E-state index in [1.807, 2.05) is 0 Å². The normalized spacial score (nSPS) is 19.7. The molecule has 17 heavy (non-hydrogen) atoms. The van der Waals surface area contributed by atoms with E-state index in [1.54, 1.807) is 0 Å². The van der Waals surface area contributed by atoms with Gasteiger partial charge in [0.15, 0.2) is 0 Å². The highest BCUT2D eigenvalue weighted by Gasteiger charge is 2.16. The van der Waals surface area contributed by atoms with Crippen molar-refractivity contribution >= 4 is 0 Å². The minimum absolute atomic E-state index is 0.540. The van der Waals surface area contributed by atoms with E-state index in [2.05, 4.69) is 41.8 Å². The van der Waals surface area contributed by atoms with Crippen LogP contribution in [0.4, 0.5) is 0 Å². The fraction of sp³-hybridized carbons (Fsp3) is 0.600. The van der Waals surface area contributed by atoms with Crippen molar-refractivity contribution in [1.82, 2.24) is 10.6 Å². The molecule has 2 heteroatoms. The molecule has 0 aliphatic carbocycles. The topological polar surface area (TPSA) is 24.1 Å². The first-order chi connectivity index (χ1) is 8.42. The van der Waals surface area contributed by atoms with Gasteiger partial charge in [-0.25, -0.2) is 0 Å². The summed E-state index contributed by atoms with van der Waals surface area (Å²) in [6.07, 6.45) is 5.12. The molecule has 1 aliphatic heterocycles. The van der Waals surface area contributed by atoms with Gasteiger partial charge >= 0.3 is 0 Å². The lowest BCUT2D eigenvalue weighted by Crippen LogP contribution is -2.24. The number of hydrogen-bond donors (Lipinski definition) is 2. The fourth-order valence-electron chi connectivity index (χ4n) is 2.52. The quantitative estimate of drug-likeness (QED) is 0.763. The van der Waals surface area contributed by atoms with Crippen molar-refractivity contribution in [2.45, 2.75) is 45.2 Å². The molecule has 0 aromatic heterocycles. The first kappa shape index (κ1) is 12.6. The van der Waals surface area contributed by atoms with Gasteiger partial charge in [0, 0.05) is 12.6 Å². The number of hydrogen-bond acceptors (Lipinski definition) is 2. The Kier molecular flexibility index (Phi) is 5.02. The monoisotopic (exact) mass is 232 g/mol. The Labute approximate surface area is 105 Å². The summed E-state index contributed by atoms with van der Waals surface area (Å²) in [4.78, 5) is 0. The molecule has 1 aliphatic rings. The second kappa shape index (κ2) is 6.77. The van der Waals surface area contributed by atoms with Crippen LogP contribution in [-0.2, 0) is 6.54 Å². The first-order valence-corrected chi connectivity index (χ1v) is 6.93. The predicted octanol–water partition coefficient (Wildman–Crippen LogP) is 3.00. The number of rotatable bonds is 5. The smallest absolute Gasteiger partial charge is 0.0335 e. The van der Waals surface area contributed by atoms with Crippen LogP contribution in [0.15, 0.2) is 24.3 Å². The van der Waals surface area contributed by atoms with Crippen molar-refractivity contribution in [1.29, 1.82) is 0 Å². The maximum absolute atomic E-state index is 3.71. The van der Waals surface area contributed by atoms with E-state index >= 15 is 0 Å². The van der Waals surface area contributed by atoms with Gasteiger partial charge in [0.2, 0.25) is 0 Å². The maximum atomic E-state index is 3.71. The van der Waals surface area contributed by atoms with Crippen molar-refractivity contribution < 1.29 is 0 Å². The van der Waals surface area contributed by atoms with Crippen LogP contribution in [0.3, 0.4) is 0 Å². The van der Waals surface area contributed by atoms with Gasteiger partial charge in [0.1, 0.15) is 0 Å². The van der Waals surface area contributed by atoms with Crippen LogP contribution in [0.2, 0.25) is 0 Å². The van der Waals surface area contributed by atoms with Gasteiger partial charge in [-0.05, 0) is 37.1 Å². The van der Waals surface area contributed by atoms with E-state index in [0.717, 1.165) is 19.6 Å². The van der Waals surface area contributed by atoms with E-state index in [-0.39, 0.29) is 0 Å². The summed E-state index contributed by atoms with van der Waals surface area (Å²) in [5, 5.41) is 7.21. The molecule has 0 saturated carbocycles. The highest BCUT2D eigenvalue weighted by atomic mass is 14.9. The molecular weight excluding hydrogens is 208 g/mol. The molecule has 2 N–H and O–H groups in total. The summed E-state index contributed by atoms with van der Waals surface area (Å²) in [6.45, 7) is 5.53. The van der Waals surface area contributed by atoms with Crippen LogP contribution in [0.1, 0.15) is 49.8 Å². The van der Waals surface area contributed by atoms with Crippen LogP contribution in [-0.4, -0.2) is 13.1 Å². The third-order valence-electron chi connectivity index (χ3n) is 3.53. The minimum atomic E-state index is 0.540. The van der Waals surface area contributed by atoms with Crippen molar-refractivity contribution in [3.05, 3.63) is 35.4 Å². The van der Waals surface area contributed by atoms with Crippen molar-refractivity contribution in [2.75, 3.05) is 13.1 Å². The van der Waals surface area contributed by atoms with Crippen LogP contribution in [0.5, 0.6) is 0 Å². The zero-order valence-corrected chi connectivity index (χ0v) is 10.8. The van der Waals surface area contributed by atoms with Gasteiger partial charge in [0.25, 0.3) is 0 Å². The molecule has 0 amide bonds. The molecule has 2 nitrogen and oxygen atoms in total. The van der Waals surface area contributed by atoms with Gasteiger partial charge in [-0.1, -0.05) is 44.0 Å². The molecule has 1 atom stereocenters. The number of benzene rings is 1. The highest BCUT2D eigenvalue weighted by Crippen LogP contribution is 2.23. The van der Waals surface area contributed by atoms with Gasteiger partial charge < -0.3 is 10.6 Å². The van der Waals surface area contributed by atoms with E-state index in [0.29, 0.717) is 6.04 Å². The lowest BCUT2D eigenvalue weighted by molar-refractivity contribution is 0.483. The Morgan fingerprint density at radius 2 is 2.18 bits per heavy atom. The minimum Gasteiger partial charge on any atom is -0.313 e. The second-order valence-corrected chi connectivity index (χ2v) is 4.88. The Balaban J connectivity index is 1.97. The second-order valence-electron chi connectivity index (χ2n) is 4.88. The average Bonchev–Trinajstić information content (AvgIpc) is 2.57. The van der Waals surface area contributed by atoms with E-state index in [1.165, 1.54) is 36.8 Å². The van der Waals surface area contributed by atoms with Crippen LogP contribution >= 0.6 is 0 Å². The molecule has 0 spiro atoms. The van der Waals surface area contributed by atoms with Gasteiger partial charge in [-0.3, -0.25) is 0 Å². The molecular formula is C15H24N2. The summed E-state index contributed by atoms with van der Waals surface area (Å²) in [6, 6.07) is 9.36. The zero-order valence-electron chi connectivity index (χ0n) is 10.8. The Bertz CT molecular complexity index is 335. The number of nitrogens with one attached hydrogen (secondary N) is 2. The predicted molar refractivity (Wildman–Crippen MR) is 73.0 cm³/mol. The molecule has 0 fully saturated rings. The first-order valence-electron chi connectivity index (χ1n) is 6.93. The molecule has 0 radical (unpaired) electrons. The van der Waals surface area contributed by atoms with Crippen LogP contribution in [0, 0.1) is 0 Å². The van der Waals surface area contributed by atoms with E-state index in [9.17, 15) is 0 Å². The Morgan fingerprint density at radius 1 is 1.29 bits per heavy atom. The zero-order chi connectivity index (χ0) is 11.9. The van der Waals surface area contributed by atoms with Crippen molar-refractivity contribution in [3.63, 3.8) is 0 Å². The SMILES string of the molecule is CCCCCNC1CCNCc2ccccc21. The van der Waals surface area contributed by atoms with Gasteiger partial charge in [0.05, 0.1) is 0 Å². The number of unbranched alkanes of at least 4 members (excludes halogenated alkanes) is 2. The molecule has 1 aromatic carbocycles. The third kappa shape index (κ3) is 3.55. The highest BCUT2D eigenvalue weighted by molar-refractivity contribution is 5.30. The summed E-state index contributed by atoms with van der Waals surface area (Å²) in [5.74, 6) is 0. The van der Waals surface area contributed by atoms with E-state index < -0.39 is 0 Å². The molecule has 1 heterocycles. The van der Waals surface area contributed by atoms with Gasteiger partial charge in [-0.2, -0.15) is 0 Å². The van der Waals surface area contributed by atoms with Crippen LogP contribution in [0.25, 0.3) is 0 Å². The summed E-state index contributed by atoms with van der Waals surface area (Å²) >= 11 is 0. The maximum Gasteiger partial charge on any atom is 0.0335 e. The molecule has 1 unspecified atom stereocenters. The standard InChI is InChI=1S/C15H24N2/c1-2-3-6-10-17-15-9-11-16-12-13-7-4-5-8-14(13)15/h4-5,7-8,15-17H,2-3,6,9-12H2,1H3. The van der Waals surface area contributed by atoms with Gasteiger partial charge in [-0.15, -0.1) is 0 Å². The molecule has 0 bridgehead atoms. The number of fused-ring (bicyclic) bond motifs is 1. The molecule has 2 rings (SSSR count). The third-order valence-corrected chi connectivity index (χ3v) is 3.53. The average molecular weight is 232 g/mol. The Hall–Kier alpha value is -0.860. The molecule has 0 saturated heterocycles. The molecule has 1 aromatic rings. The lowest BCUT2D eigenvalue weighted by atomic mass is 9.99. The summed E-state index contributed by atoms with van der Waals surface area (Å²) < 4.78 is 0. The lowest BCUT2D eigenvalue weighted by Gasteiger charge is -2.18. The van der Waals surface area contributed by atoms with E-state index in [4.69, 9.17) is 0 Å². The van der Waals surface area contributed by atoms with Crippen LogP contribution < -0.4 is 10.6 Å². The largest absolute Gasteiger partial charge is 0.313 e. The van der Waals surface area contributed by atoms with Crippen molar-refractivity contribution in [2.24, 2.45) is 0 Å². The summed E-state index contributed by atoms with van der Waals surface area (Å²) in [5.41, 5.74) is 2.95. The Morgan fingerprint density at radius 3 is 3.06 bits per heavy atom. The summed E-state index contributed by atoms with van der Waals surface area (Å²) in [7, 11) is 0.